The summed E-state index contributed by atoms with van der Waals surface area (Å²) < 4.78 is 0. The quantitative estimate of drug-likeness (QED) is 0.809. The van der Waals surface area contributed by atoms with Crippen LogP contribution in [0.25, 0.3) is 12.2 Å². The topological polar surface area (TPSA) is 25.8 Å². The summed E-state index contributed by atoms with van der Waals surface area (Å²) in [5.74, 6) is 0. The zero-order valence-electron chi connectivity index (χ0n) is 11.6. The molecule has 0 aromatic carbocycles. The first-order valence-corrected chi connectivity index (χ1v) is 6.39. The molecule has 98 valence electrons. The molecule has 0 saturated heterocycles. The van der Waals surface area contributed by atoms with Crippen molar-refractivity contribution in [3.05, 3.63) is 72.3 Å². The maximum Gasteiger partial charge on any atom is 0.0340 e. The molecule has 2 rings (SSSR count). The lowest BCUT2D eigenvalue weighted by Crippen LogP contribution is -1.83. The normalized spacial score (nSPS) is 9.79. The van der Waals surface area contributed by atoms with Crippen LogP contribution in [0.1, 0.15) is 30.5 Å². The summed E-state index contributed by atoms with van der Waals surface area (Å²) >= 11 is 0. The Labute approximate surface area is 115 Å². The predicted octanol–water partition coefficient (Wildman–Crippen LogP) is 4.40. The largest absolute Gasteiger partial charge is 0.265 e. The van der Waals surface area contributed by atoms with Crippen LogP contribution in [0.2, 0.25) is 0 Å². The summed E-state index contributed by atoms with van der Waals surface area (Å²) in [7, 11) is 0. The van der Waals surface area contributed by atoms with Gasteiger partial charge in [-0.05, 0) is 48.2 Å². The number of rotatable bonds is 3. The first kappa shape index (κ1) is 14.8. The van der Waals surface area contributed by atoms with E-state index < -0.39 is 0 Å². The van der Waals surface area contributed by atoms with Crippen molar-refractivity contribution < 1.29 is 0 Å². The average molecular weight is 252 g/mol. The lowest BCUT2D eigenvalue weighted by molar-refractivity contribution is 1.10. The molecule has 0 amide bonds. The van der Waals surface area contributed by atoms with E-state index in [1.54, 1.807) is 18.5 Å². The van der Waals surface area contributed by atoms with Crippen molar-refractivity contribution in [2.45, 2.75) is 20.3 Å². The Kier molecular flexibility index (Phi) is 6.88. The van der Waals surface area contributed by atoms with Crippen LogP contribution in [0.3, 0.4) is 0 Å². The molecule has 0 atom stereocenters. The highest BCUT2D eigenvalue weighted by atomic mass is 14.6. The van der Waals surface area contributed by atoms with Gasteiger partial charge in [0.25, 0.3) is 0 Å². The van der Waals surface area contributed by atoms with Gasteiger partial charge in [0.1, 0.15) is 0 Å². The van der Waals surface area contributed by atoms with Crippen LogP contribution in [0.15, 0.2) is 55.6 Å². The van der Waals surface area contributed by atoms with Crippen molar-refractivity contribution in [3.8, 4) is 0 Å². The van der Waals surface area contributed by atoms with Gasteiger partial charge in [-0.2, -0.15) is 0 Å². The predicted molar refractivity (Wildman–Crippen MR) is 82.7 cm³/mol. The molecular weight excluding hydrogens is 232 g/mol. The van der Waals surface area contributed by atoms with Crippen LogP contribution in [-0.4, -0.2) is 9.97 Å². The molecule has 0 fully saturated rings. The molecule has 0 aliphatic carbocycles. The standard InChI is InChI=1S/C10H13N.C7H7N/c1-3-5-10-6-9(4-2)7-11-8-10;1-2-7-3-5-8-6-4-7/h3,5-8H,4H2,1-2H3;2-6H,1H2. The van der Waals surface area contributed by atoms with E-state index in [0.29, 0.717) is 0 Å². The van der Waals surface area contributed by atoms with E-state index in [9.17, 15) is 0 Å². The highest BCUT2D eigenvalue weighted by Gasteiger charge is 1.89. The Morgan fingerprint density at radius 1 is 1.11 bits per heavy atom. The minimum Gasteiger partial charge on any atom is -0.265 e. The third-order valence-electron chi connectivity index (χ3n) is 2.53. The monoisotopic (exact) mass is 252 g/mol. The molecule has 0 spiro atoms. The number of nitrogens with zero attached hydrogens (tertiary/aromatic N) is 2. The van der Waals surface area contributed by atoms with Crippen molar-refractivity contribution >= 4 is 12.2 Å². The Morgan fingerprint density at radius 3 is 2.37 bits per heavy atom. The van der Waals surface area contributed by atoms with Gasteiger partial charge < -0.3 is 0 Å². The zero-order chi connectivity index (χ0) is 13.9. The summed E-state index contributed by atoms with van der Waals surface area (Å²) in [6, 6.07) is 5.98. The molecule has 2 heterocycles. The summed E-state index contributed by atoms with van der Waals surface area (Å²) in [5.41, 5.74) is 3.59. The molecule has 0 aliphatic heterocycles. The highest BCUT2D eigenvalue weighted by molar-refractivity contribution is 5.48. The minimum absolute atomic E-state index is 1.05. The molecule has 0 aliphatic rings. The van der Waals surface area contributed by atoms with Gasteiger partial charge in [0.2, 0.25) is 0 Å². The maximum absolute atomic E-state index is 4.12. The van der Waals surface area contributed by atoms with Gasteiger partial charge in [-0.25, -0.2) is 0 Å². The van der Waals surface area contributed by atoms with Gasteiger partial charge in [-0.3, -0.25) is 9.97 Å². The molecule has 0 unspecified atom stereocenters. The van der Waals surface area contributed by atoms with Gasteiger partial charge >= 0.3 is 0 Å². The van der Waals surface area contributed by atoms with E-state index in [2.05, 4.69) is 35.6 Å². The molecule has 2 nitrogen and oxygen atoms in total. The van der Waals surface area contributed by atoms with Crippen LogP contribution in [0, 0.1) is 0 Å². The fraction of sp³-hybridized carbons (Fsp3) is 0.176. The smallest absolute Gasteiger partial charge is 0.0340 e. The average Bonchev–Trinajstić information content (AvgIpc) is 2.49. The fourth-order valence-electron chi connectivity index (χ4n) is 1.48. The molecule has 2 heteroatoms. The Morgan fingerprint density at radius 2 is 1.84 bits per heavy atom. The number of allylic oxidation sites excluding steroid dienone is 1. The molecule has 2 aromatic rings. The van der Waals surface area contributed by atoms with E-state index >= 15 is 0 Å². The number of aromatic nitrogens is 2. The van der Waals surface area contributed by atoms with Crippen molar-refractivity contribution in [1.29, 1.82) is 0 Å². The van der Waals surface area contributed by atoms with Crippen molar-refractivity contribution in [2.24, 2.45) is 0 Å². The van der Waals surface area contributed by atoms with Gasteiger partial charge in [0.05, 0.1) is 0 Å². The van der Waals surface area contributed by atoms with Gasteiger partial charge in [-0.15, -0.1) is 0 Å². The lowest BCUT2D eigenvalue weighted by atomic mass is 10.1. The van der Waals surface area contributed by atoms with Crippen LogP contribution >= 0.6 is 0 Å². The lowest BCUT2D eigenvalue weighted by Gasteiger charge is -1.96. The Hall–Kier alpha value is -2.22. The van der Waals surface area contributed by atoms with Gasteiger partial charge in [-0.1, -0.05) is 31.7 Å². The Balaban J connectivity index is 0.000000200. The van der Waals surface area contributed by atoms with E-state index in [-0.39, 0.29) is 0 Å². The minimum atomic E-state index is 1.05. The number of hydrogen-bond donors (Lipinski definition) is 0. The molecule has 0 N–H and O–H groups in total. The summed E-state index contributed by atoms with van der Waals surface area (Å²) in [6.45, 7) is 7.75. The summed E-state index contributed by atoms with van der Waals surface area (Å²) in [5, 5.41) is 0. The van der Waals surface area contributed by atoms with E-state index in [1.165, 1.54) is 11.1 Å². The summed E-state index contributed by atoms with van der Waals surface area (Å²) in [6.07, 6.45) is 14.2. The first-order valence-electron chi connectivity index (χ1n) is 6.39. The van der Waals surface area contributed by atoms with Crippen LogP contribution in [-0.2, 0) is 6.42 Å². The number of aryl methyl sites for hydroxylation is 1. The second-order valence-electron chi connectivity index (χ2n) is 3.96. The Bertz CT molecular complexity index is 516. The molecule has 0 radical (unpaired) electrons. The van der Waals surface area contributed by atoms with E-state index in [4.69, 9.17) is 0 Å². The molecule has 0 bridgehead atoms. The first-order chi connectivity index (χ1) is 9.30. The van der Waals surface area contributed by atoms with E-state index in [0.717, 1.165) is 12.0 Å². The molecule has 0 saturated carbocycles. The van der Waals surface area contributed by atoms with Crippen molar-refractivity contribution in [2.75, 3.05) is 0 Å². The second kappa shape index (κ2) is 8.81. The SMILES string of the molecule is C=Cc1ccncc1.CC=Cc1cncc(CC)c1. The molecule has 19 heavy (non-hydrogen) atoms. The van der Waals surface area contributed by atoms with E-state index in [1.807, 2.05) is 37.5 Å². The van der Waals surface area contributed by atoms with Crippen LogP contribution in [0.4, 0.5) is 0 Å². The number of pyridine rings is 2. The summed E-state index contributed by atoms with van der Waals surface area (Å²) in [4.78, 5) is 7.97. The highest BCUT2D eigenvalue weighted by Crippen LogP contribution is 2.04. The van der Waals surface area contributed by atoms with Crippen LogP contribution < -0.4 is 0 Å². The van der Waals surface area contributed by atoms with Crippen molar-refractivity contribution in [3.63, 3.8) is 0 Å². The molecular formula is C17H20N2. The van der Waals surface area contributed by atoms with Gasteiger partial charge in [0, 0.05) is 24.8 Å². The van der Waals surface area contributed by atoms with Crippen molar-refractivity contribution in [1.82, 2.24) is 9.97 Å². The zero-order valence-corrected chi connectivity index (χ0v) is 11.6. The van der Waals surface area contributed by atoms with Crippen LogP contribution in [0.5, 0.6) is 0 Å². The van der Waals surface area contributed by atoms with Gasteiger partial charge in [0.15, 0.2) is 0 Å². The molecule has 2 aromatic heterocycles. The maximum atomic E-state index is 4.12. The second-order valence-corrected chi connectivity index (χ2v) is 3.96. The third-order valence-corrected chi connectivity index (χ3v) is 2.53. The fourth-order valence-corrected chi connectivity index (χ4v) is 1.48. The number of hydrogen-bond acceptors (Lipinski definition) is 2. The third kappa shape index (κ3) is 5.77.